The summed E-state index contributed by atoms with van der Waals surface area (Å²) in [6.45, 7) is 9.21. The Bertz CT molecular complexity index is 946. The lowest BCUT2D eigenvalue weighted by Crippen LogP contribution is -2.16. The van der Waals surface area contributed by atoms with E-state index in [1.54, 1.807) is 11.3 Å². The molecule has 3 rings (SSSR count). The van der Waals surface area contributed by atoms with Crippen LogP contribution in [-0.2, 0) is 6.54 Å². The number of thiophene rings is 1. The average molecular weight is 357 g/mol. The summed E-state index contributed by atoms with van der Waals surface area (Å²) in [4.78, 5) is 19.3. The number of amides is 1. The lowest BCUT2D eigenvalue weighted by Gasteiger charge is -2.09. The second-order valence-corrected chi connectivity index (χ2v) is 7.86. The van der Waals surface area contributed by atoms with Crippen molar-refractivity contribution in [1.82, 2.24) is 4.57 Å². The van der Waals surface area contributed by atoms with Gasteiger partial charge in [0.1, 0.15) is 0 Å². The Labute approximate surface area is 150 Å². The van der Waals surface area contributed by atoms with Crippen LogP contribution in [0.2, 0.25) is 0 Å². The van der Waals surface area contributed by atoms with Crippen LogP contribution < -0.4 is 4.80 Å². The van der Waals surface area contributed by atoms with Crippen molar-refractivity contribution in [3.8, 4) is 11.3 Å². The molecule has 0 N–H and O–H groups in total. The first-order chi connectivity index (χ1) is 11.5. The van der Waals surface area contributed by atoms with Crippen molar-refractivity contribution >= 4 is 28.6 Å². The number of aromatic nitrogens is 1. The average Bonchev–Trinajstić information content (AvgIpc) is 3.18. The molecule has 0 unspecified atom stereocenters. The van der Waals surface area contributed by atoms with Gasteiger partial charge in [-0.1, -0.05) is 18.2 Å². The minimum absolute atomic E-state index is 0.167. The number of hydrogen-bond donors (Lipinski definition) is 0. The Kier molecular flexibility index (Phi) is 4.83. The van der Waals surface area contributed by atoms with Crippen LogP contribution in [0.15, 0.2) is 40.7 Å². The van der Waals surface area contributed by atoms with E-state index in [2.05, 4.69) is 55.5 Å². The third-order valence-electron chi connectivity index (χ3n) is 4.10. The van der Waals surface area contributed by atoms with Gasteiger partial charge in [-0.3, -0.25) is 4.79 Å². The van der Waals surface area contributed by atoms with Gasteiger partial charge in [-0.15, -0.1) is 22.7 Å². The quantitative estimate of drug-likeness (QED) is 0.653. The molecule has 0 aliphatic carbocycles. The normalized spacial score (nSPS) is 11.9. The molecular weight excluding hydrogens is 336 g/mol. The first-order valence-electron chi connectivity index (χ1n) is 7.91. The highest BCUT2D eigenvalue weighted by atomic mass is 32.1. The van der Waals surface area contributed by atoms with E-state index in [4.69, 9.17) is 0 Å². The van der Waals surface area contributed by atoms with Gasteiger partial charge in [0, 0.05) is 11.4 Å². The molecule has 3 nitrogen and oxygen atoms in total. The van der Waals surface area contributed by atoms with Gasteiger partial charge in [-0.25, -0.2) is 0 Å². The van der Waals surface area contributed by atoms with E-state index >= 15 is 0 Å². The Morgan fingerprint density at radius 3 is 2.58 bits per heavy atom. The maximum atomic E-state index is 12.3. The van der Waals surface area contributed by atoms with Crippen molar-refractivity contribution in [3.05, 3.63) is 61.4 Å². The number of aryl methyl sites for hydroxylation is 3. The van der Waals surface area contributed by atoms with Crippen molar-refractivity contribution in [2.45, 2.75) is 34.2 Å². The van der Waals surface area contributed by atoms with Gasteiger partial charge in [0.25, 0.3) is 5.91 Å². The third-order valence-corrected chi connectivity index (χ3v) is 5.96. The molecule has 0 fully saturated rings. The van der Waals surface area contributed by atoms with E-state index in [9.17, 15) is 4.79 Å². The van der Waals surface area contributed by atoms with Crippen LogP contribution in [0.1, 0.15) is 32.6 Å². The molecule has 2 aromatic heterocycles. The van der Waals surface area contributed by atoms with Crippen molar-refractivity contribution in [3.63, 3.8) is 0 Å². The van der Waals surface area contributed by atoms with Crippen LogP contribution in [0.4, 0.5) is 0 Å². The van der Waals surface area contributed by atoms with Crippen LogP contribution in [0, 0.1) is 20.8 Å². The third kappa shape index (κ3) is 3.14. The van der Waals surface area contributed by atoms with Gasteiger partial charge in [0.15, 0.2) is 4.80 Å². The molecule has 2 heterocycles. The highest BCUT2D eigenvalue weighted by molar-refractivity contribution is 7.12. The molecule has 0 radical (unpaired) electrons. The fourth-order valence-corrected chi connectivity index (χ4v) is 4.36. The SMILES string of the molecule is CCn1c(-c2ccc(C)c(C)c2)c(C)sc1=NC(=O)c1cccs1. The monoisotopic (exact) mass is 356 g/mol. The molecule has 0 saturated heterocycles. The number of benzene rings is 1. The molecule has 0 atom stereocenters. The van der Waals surface area contributed by atoms with E-state index in [0.717, 1.165) is 17.0 Å². The van der Waals surface area contributed by atoms with E-state index < -0.39 is 0 Å². The highest BCUT2D eigenvalue weighted by Crippen LogP contribution is 2.27. The summed E-state index contributed by atoms with van der Waals surface area (Å²) in [7, 11) is 0. The van der Waals surface area contributed by atoms with Gasteiger partial charge in [0.05, 0.1) is 10.6 Å². The minimum Gasteiger partial charge on any atom is -0.316 e. The van der Waals surface area contributed by atoms with Crippen molar-refractivity contribution in [2.24, 2.45) is 4.99 Å². The van der Waals surface area contributed by atoms with Crippen molar-refractivity contribution in [2.75, 3.05) is 0 Å². The fourth-order valence-electron chi connectivity index (χ4n) is 2.69. The molecular formula is C19H20N2OS2. The zero-order valence-electron chi connectivity index (χ0n) is 14.3. The number of thiazole rings is 1. The molecule has 124 valence electrons. The van der Waals surface area contributed by atoms with Crippen LogP contribution >= 0.6 is 22.7 Å². The van der Waals surface area contributed by atoms with Crippen LogP contribution in [0.5, 0.6) is 0 Å². The zero-order valence-corrected chi connectivity index (χ0v) is 15.9. The van der Waals surface area contributed by atoms with Crippen LogP contribution in [0.25, 0.3) is 11.3 Å². The summed E-state index contributed by atoms with van der Waals surface area (Å²) >= 11 is 3.00. The van der Waals surface area contributed by atoms with E-state index in [-0.39, 0.29) is 5.91 Å². The number of rotatable bonds is 3. The van der Waals surface area contributed by atoms with Crippen LogP contribution in [0.3, 0.4) is 0 Å². The predicted octanol–water partition coefficient (Wildman–Crippen LogP) is 4.96. The lowest BCUT2D eigenvalue weighted by molar-refractivity contribution is 0.100. The first kappa shape index (κ1) is 16.9. The molecule has 24 heavy (non-hydrogen) atoms. The minimum atomic E-state index is -0.167. The Morgan fingerprint density at radius 2 is 1.96 bits per heavy atom. The predicted molar refractivity (Wildman–Crippen MR) is 102 cm³/mol. The summed E-state index contributed by atoms with van der Waals surface area (Å²) in [5, 5.41) is 1.90. The first-order valence-corrected chi connectivity index (χ1v) is 9.61. The number of carbonyl (C=O) groups excluding carboxylic acids is 1. The second-order valence-electron chi connectivity index (χ2n) is 5.73. The second kappa shape index (κ2) is 6.87. The summed E-state index contributed by atoms with van der Waals surface area (Å²) in [6.07, 6.45) is 0. The number of hydrogen-bond acceptors (Lipinski definition) is 3. The topological polar surface area (TPSA) is 34.4 Å². The molecule has 0 spiro atoms. The summed E-state index contributed by atoms with van der Waals surface area (Å²) in [5.41, 5.74) is 4.89. The van der Waals surface area contributed by atoms with E-state index in [0.29, 0.717) is 4.88 Å². The molecule has 1 amide bonds. The maximum absolute atomic E-state index is 12.3. The van der Waals surface area contributed by atoms with Gasteiger partial charge < -0.3 is 4.57 Å². The standard InChI is InChI=1S/C19H20N2OS2/c1-5-21-17(15-9-8-12(2)13(3)11-15)14(4)24-19(21)20-18(22)16-7-6-10-23-16/h6-11H,5H2,1-4H3. The Hall–Kier alpha value is -1.98. The van der Waals surface area contributed by atoms with Crippen molar-refractivity contribution < 1.29 is 4.79 Å². The Morgan fingerprint density at radius 1 is 1.17 bits per heavy atom. The van der Waals surface area contributed by atoms with Gasteiger partial charge in [-0.05, 0) is 61.9 Å². The zero-order chi connectivity index (χ0) is 17.3. The summed E-state index contributed by atoms with van der Waals surface area (Å²) in [6, 6.07) is 10.2. The summed E-state index contributed by atoms with van der Waals surface area (Å²) in [5.74, 6) is -0.167. The van der Waals surface area contributed by atoms with Crippen LogP contribution in [-0.4, -0.2) is 10.5 Å². The Balaban J connectivity index is 2.14. The molecule has 0 aliphatic heterocycles. The van der Waals surface area contributed by atoms with Gasteiger partial charge >= 0.3 is 0 Å². The molecule has 5 heteroatoms. The molecule has 0 saturated carbocycles. The van der Waals surface area contributed by atoms with E-state index in [1.807, 2.05) is 17.5 Å². The van der Waals surface area contributed by atoms with Crippen molar-refractivity contribution in [1.29, 1.82) is 0 Å². The molecule has 0 aliphatic rings. The largest absolute Gasteiger partial charge is 0.316 e. The summed E-state index contributed by atoms with van der Waals surface area (Å²) < 4.78 is 2.13. The smallest absolute Gasteiger partial charge is 0.289 e. The number of carbonyl (C=O) groups is 1. The number of nitrogens with zero attached hydrogens (tertiary/aromatic N) is 2. The molecule has 0 bridgehead atoms. The molecule has 1 aromatic carbocycles. The van der Waals surface area contributed by atoms with Gasteiger partial charge in [0.2, 0.25) is 0 Å². The lowest BCUT2D eigenvalue weighted by atomic mass is 10.0. The molecule has 3 aromatic rings. The van der Waals surface area contributed by atoms with E-state index in [1.165, 1.54) is 32.9 Å². The van der Waals surface area contributed by atoms with Gasteiger partial charge in [-0.2, -0.15) is 4.99 Å². The highest BCUT2D eigenvalue weighted by Gasteiger charge is 2.14. The maximum Gasteiger partial charge on any atom is 0.289 e. The fraction of sp³-hybridized carbons (Fsp3) is 0.263.